The van der Waals surface area contributed by atoms with Crippen LogP contribution in [0.1, 0.15) is 30.9 Å². The van der Waals surface area contributed by atoms with Gasteiger partial charge in [0.2, 0.25) is 5.95 Å². The Morgan fingerprint density at radius 2 is 1.95 bits per heavy atom. The van der Waals surface area contributed by atoms with Crippen molar-refractivity contribution >= 4 is 33.3 Å². The second-order valence-corrected chi connectivity index (χ2v) is 11.1. The number of benzene rings is 1. The monoisotopic (exact) mass is 538 g/mol. The van der Waals surface area contributed by atoms with Crippen LogP contribution in [0, 0.1) is 5.92 Å². The standard InChI is InChI=1S/C25H30N8O4S/c1-32-11-17(30-31-32)13-6-8-33(9-7-13)25-28-22(26-16-10-14(12-34)20(35)21(16)36)19(23(37)29-25)24-27-15-4-2-3-5-18(15)38-24/h2-5,11,13-14,16,20-21,34-36H,6-10,12H2,1H3,(H2,26,28,29,37)/t14-,16-,20-,21+/m1/s1. The zero-order valence-electron chi connectivity index (χ0n) is 20.9. The second-order valence-electron chi connectivity index (χ2n) is 10.1. The Morgan fingerprint density at radius 3 is 2.63 bits per heavy atom. The number of aliphatic hydroxyl groups is 3. The first kappa shape index (κ1) is 24.9. The molecule has 4 atom stereocenters. The Labute approximate surface area is 222 Å². The summed E-state index contributed by atoms with van der Waals surface area (Å²) in [7, 11) is 1.85. The van der Waals surface area contributed by atoms with Crippen LogP contribution in [0.25, 0.3) is 20.8 Å². The predicted molar refractivity (Wildman–Crippen MR) is 143 cm³/mol. The number of thiazole rings is 1. The number of aliphatic hydroxyl groups excluding tert-OH is 3. The lowest BCUT2D eigenvalue weighted by molar-refractivity contribution is 0.00446. The van der Waals surface area contributed by atoms with Gasteiger partial charge in [0, 0.05) is 44.8 Å². The minimum atomic E-state index is -1.11. The molecule has 0 bridgehead atoms. The van der Waals surface area contributed by atoms with Gasteiger partial charge in [-0.15, -0.1) is 16.4 Å². The van der Waals surface area contributed by atoms with Gasteiger partial charge in [-0.1, -0.05) is 17.3 Å². The van der Waals surface area contributed by atoms with Crippen LogP contribution >= 0.6 is 11.3 Å². The lowest BCUT2D eigenvalue weighted by atomic mass is 9.94. The van der Waals surface area contributed by atoms with E-state index < -0.39 is 24.2 Å². The predicted octanol–water partition coefficient (Wildman–Crippen LogP) is 1.07. The summed E-state index contributed by atoms with van der Waals surface area (Å²) in [5.74, 6) is 0.562. The van der Waals surface area contributed by atoms with Crippen LogP contribution < -0.4 is 15.8 Å². The Kier molecular flexibility index (Phi) is 6.60. The summed E-state index contributed by atoms with van der Waals surface area (Å²) in [4.78, 5) is 28.0. The van der Waals surface area contributed by atoms with E-state index in [0.717, 1.165) is 28.8 Å². The van der Waals surface area contributed by atoms with Crippen molar-refractivity contribution in [3.05, 3.63) is 46.5 Å². The van der Waals surface area contributed by atoms with E-state index in [9.17, 15) is 20.1 Å². The molecule has 2 fully saturated rings. The lowest BCUT2D eigenvalue weighted by Crippen LogP contribution is -2.38. The molecule has 12 nitrogen and oxygen atoms in total. The summed E-state index contributed by atoms with van der Waals surface area (Å²) < 4.78 is 2.65. The van der Waals surface area contributed by atoms with Crippen molar-refractivity contribution in [2.75, 3.05) is 29.9 Å². The van der Waals surface area contributed by atoms with E-state index in [1.54, 1.807) is 4.68 Å². The van der Waals surface area contributed by atoms with Crippen molar-refractivity contribution in [3.8, 4) is 10.6 Å². The molecule has 4 aromatic rings. The van der Waals surface area contributed by atoms with Crippen molar-refractivity contribution in [3.63, 3.8) is 0 Å². The van der Waals surface area contributed by atoms with E-state index in [1.807, 2.05) is 42.4 Å². The summed E-state index contributed by atoms with van der Waals surface area (Å²) in [6.07, 6.45) is 1.79. The third-order valence-electron chi connectivity index (χ3n) is 7.61. The number of para-hydroxylation sites is 1. The number of aromatic nitrogens is 6. The molecule has 0 radical (unpaired) electrons. The third kappa shape index (κ3) is 4.55. The summed E-state index contributed by atoms with van der Waals surface area (Å²) in [6, 6.07) is 7.07. The molecule has 38 heavy (non-hydrogen) atoms. The molecular formula is C25H30N8O4S. The van der Waals surface area contributed by atoms with E-state index in [-0.39, 0.29) is 18.1 Å². The molecule has 4 heterocycles. The number of nitrogens with one attached hydrogen (secondary N) is 2. The number of rotatable bonds is 6. The zero-order chi connectivity index (χ0) is 26.4. The van der Waals surface area contributed by atoms with Gasteiger partial charge in [-0.3, -0.25) is 14.5 Å². The van der Waals surface area contributed by atoms with E-state index in [4.69, 9.17) is 4.98 Å². The summed E-state index contributed by atoms with van der Waals surface area (Å²) in [6.45, 7) is 1.12. The molecule has 1 saturated carbocycles. The average molecular weight is 539 g/mol. The van der Waals surface area contributed by atoms with Gasteiger partial charge in [0.15, 0.2) is 0 Å². The highest BCUT2D eigenvalue weighted by Crippen LogP contribution is 2.35. The highest BCUT2D eigenvalue weighted by Gasteiger charge is 2.41. The quantitative estimate of drug-likeness (QED) is 0.240. The maximum Gasteiger partial charge on any atom is 0.264 e. The van der Waals surface area contributed by atoms with Crippen LogP contribution in [-0.2, 0) is 7.05 Å². The van der Waals surface area contributed by atoms with Gasteiger partial charge in [-0.2, -0.15) is 4.98 Å². The van der Waals surface area contributed by atoms with E-state index in [1.165, 1.54) is 11.3 Å². The normalized spacial score (nSPS) is 24.4. The van der Waals surface area contributed by atoms with Gasteiger partial charge < -0.3 is 25.5 Å². The molecule has 0 amide bonds. The lowest BCUT2D eigenvalue weighted by Gasteiger charge is -2.32. The van der Waals surface area contributed by atoms with Gasteiger partial charge in [-0.05, 0) is 31.4 Å². The first-order valence-electron chi connectivity index (χ1n) is 12.8. The van der Waals surface area contributed by atoms with Crippen LogP contribution in [0.3, 0.4) is 0 Å². The van der Waals surface area contributed by atoms with Crippen LogP contribution in [0.2, 0.25) is 0 Å². The molecule has 0 unspecified atom stereocenters. The molecule has 3 aromatic heterocycles. The maximum absolute atomic E-state index is 13.5. The molecule has 1 aliphatic heterocycles. The minimum Gasteiger partial charge on any atom is -0.396 e. The zero-order valence-corrected chi connectivity index (χ0v) is 21.7. The Balaban J connectivity index is 1.33. The van der Waals surface area contributed by atoms with Gasteiger partial charge in [0.05, 0.1) is 28.1 Å². The number of fused-ring (bicyclic) bond motifs is 1. The number of nitrogens with zero attached hydrogens (tertiary/aromatic N) is 6. The number of hydrogen-bond acceptors (Lipinski definition) is 11. The average Bonchev–Trinajstić information content (AvgIpc) is 3.62. The number of hydrogen-bond donors (Lipinski definition) is 5. The summed E-state index contributed by atoms with van der Waals surface area (Å²) in [5.41, 5.74) is 1.71. The first-order chi connectivity index (χ1) is 18.4. The Hall–Kier alpha value is -3.39. The number of H-pyrrole nitrogens is 1. The van der Waals surface area contributed by atoms with Gasteiger partial charge in [0.25, 0.3) is 5.56 Å². The minimum absolute atomic E-state index is 0.240. The molecule has 1 aliphatic carbocycles. The molecular weight excluding hydrogens is 508 g/mol. The molecule has 200 valence electrons. The molecule has 5 N–H and O–H groups in total. The molecule has 1 aromatic carbocycles. The number of piperidine rings is 1. The van der Waals surface area contributed by atoms with Gasteiger partial charge in [-0.25, -0.2) is 4.98 Å². The topological polar surface area (TPSA) is 165 Å². The second kappa shape index (κ2) is 10.1. The fourth-order valence-electron chi connectivity index (χ4n) is 5.46. The fourth-order valence-corrected chi connectivity index (χ4v) is 6.47. The number of aromatic amines is 1. The van der Waals surface area contributed by atoms with Crippen molar-refractivity contribution in [2.24, 2.45) is 13.0 Å². The molecule has 6 rings (SSSR count). The van der Waals surface area contributed by atoms with Crippen LogP contribution in [0.15, 0.2) is 35.3 Å². The number of anilines is 2. The van der Waals surface area contributed by atoms with Crippen molar-refractivity contribution < 1.29 is 15.3 Å². The van der Waals surface area contributed by atoms with Crippen molar-refractivity contribution in [1.29, 1.82) is 0 Å². The summed E-state index contributed by atoms with van der Waals surface area (Å²) >= 11 is 1.39. The fraction of sp³-hybridized carbons (Fsp3) is 0.480. The molecule has 13 heteroatoms. The Bertz CT molecular complexity index is 1460. The van der Waals surface area contributed by atoms with Gasteiger partial charge in [0.1, 0.15) is 22.5 Å². The van der Waals surface area contributed by atoms with Crippen molar-refractivity contribution in [1.82, 2.24) is 29.9 Å². The first-order valence-corrected chi connectivity index (χ1v) is 13.6. The van der Waals surface area contributed by atoms with Crippen LogP contribution in [-0.4, -0.2) is 83.2 Å². The van der Waals surface area contributed by atoms with Crippen LogP contribution in [0.5, 0.6) is 0 Å². The van der Waals surface area contributed by atoms with E-state index >= 15 is 0 Å². The summed E-state index contributed by atoms with van der Waals surface area (Å²) in [5, 5.41) is 42.7. The maximum atomic E-state index is 13.5. The SMILES string of the molecule is Cn1cc(C2CCN(c3nc(N[C@@H]4C[C@H](CO)[C@@H](O)[C@H]4O)c(-c4nc5ccccc5s4)c(=O)[nH]3)CC2)nn1. The van der Waals surface area contributed by atoms with E-state index in [2.05, 4.69) is 25.6 Å². The molecule has 0 spiro atoms. The number of aryl methyl sites for hydroxylation is 1. The highest BCUT2D eigenvalue weighted by atomic mass is 32.1. The molecule has 1 saturated heterocycles. The van der Waals surface area contributed by atoms with Gasteiger partial charge >= 0.3 is 0 Å². The van der Waals surface area contributed by atoms with Crippen molar-refractivity contribution in [2.45, 2.75) is 43.4 Å². The van der Waals surface area contributed by atoms with Crippen LogP contribution in [0.4, 0.5) is 11.8 Å². The largest absolute Gasteiger partial charge is 0.396 e. The Morgan fingerprint density at radius 1 is 1.16 bits per heavy atom. The third-order valence-corrected chi connectivity index (χ3v) is 8.66. The smallest absolute Gasteiger partial charge is 0.264 e. The highest BCUT2D eigenvalue weighted by molar-refractivity contribution is 7.21. The molecule has 2 aliphatic rings. The van der Waals surface area contributed by atoms with E-state index in [0.29, 0.717) is 41.8 Å².